The first-order valence-electron chi connectivity index (χ1n) is 14.8. The van der Waals surface area contributed by atoms with E-state index in [1.165, 1.54) is 10.5 Å². The Balaban J connectivity index is 1.08. The van der Waals surface area contributed by atoms with Crippen molar-refractivity contribution in [3.05, 3.63) is 35.7 Å². The number of carbonyl (C=O) groups is 1. The number of amides is 1. The van der Waals surface area contributed by atoms with E-state index in [2.05, 4.69) is 37.2 Å². The molecule has 2 atom stereocenters. The fraction of sp³-hybridized carbons (Fsp3) is 0.633. The van der Waals surface area contributed by atoms with Crippen LogP contribution in [0.4, 0.5) is 26.5 Å². The molecule has 1 N–H and O–H groups in total. The predicted molar refractivity (Wildman–Crippen MR) is 154 cm³/mol. The van der Waals surface area contributed by atoms with Crippen LogP contribution in [0, 0.1) is 0 Å². The van der Waals surface area contributed by atoms with Crippen molar-refractivity contribution in [2.24, 2.45) is 0 Å². The lowest BCUT2D eigenvalue weighted by Gasteiger charge is -2.43. The highest BCUT2D eigenvalue weighted by Gasteiger charge is 2.38. The first-order chi connectivity index (χ1) is 19.7. The zero-order valence-corrected chi connectivity index (χ0v) is 24.3. The molecule has 4 aliphatic rings. The minimum absolute atomic E-state index is 0.0915. The van der Waals surface area contributed by atoms with E-state index in [1.807, 2.05) is 26.8 Å². The zero-order valence-electron chi connectivity index (χ0n) is 24.3. The minimum Gasteiger partial charge on any atom is -0.486 e. The van der Waals surface area contributed by atoms with Gasteiger partial charge >= 0.3 is 6.09 Å². The van der Waals surface area contributed by atoms with Gasteiger partial charge in [-0.25, -0.2) is 19.2 Å². The van der Waals surface area contributed by atoms with Crippen molar-refractivity contribution in [1.82, 2.24) is 19.8 Å². The Hall–Kier alpha value is -3.18. The molecule has 0 bridgehead atoms. The van der Waals surface area contributed by atoms with Gasteiger partial charge in [-0.05, 0) is 76.7 Å². The molecule has 0 radical (unpaired) electrons. The summed E-state index contributed by atoms with van der Waals surface area (Å²) < 4.78 is 32.4. The number of rotatable bonds is 3. The highest BCUT2D eigenvalue weighted by molar-refractivity contribution is 5.72. The van der Waals surface area contributed by atoms with Gasteiger partial charge in [-0.1, -0.05) is 6.07 Å². The van der Waals surface area contributed by atoms with Crippen LogP contribution in [0.3, 0.4) is 0 Å². The Labute approximate surface area is 241 Å². The average Bonchev–Trinajstić information content (AvgIpc) is 3.15. The number of alkyl halides is 1. The van der Waals surface area contributed by atoms with Crippen LogP contribution in [-0.4, -0.2) is 96.2 Å². The number of morpholine rings is 1. The lowest BCUT2D eigenvalue weighted by atomic mass is 9.87. The Kier molecular flexibility index (Phi) is 7.91. The fourth-order valence-electron chi connectivity index (χ4n) is 6.35. The van der Waals surface area contributed by atoms with Crippen molar-refractivity contribution in [2.45, 2.75) is 70.4 Å². The monoisotopic (exact) mass is 568 g/mol. The van der Waals surface area contributed by atoms with Crippen molar-refractivity contribution < 1.29 is 23.4 Å². The number of hydrogen-bond acceptors (Lipinski definition) is 9. The lowest BCUT2D eigenvalue weighted by molar-refractivity contribution is -0.00913. The predicted octanol–water partition coefficient (Wildman–Crippen LogP) is 4.48. The van der Waals surface area contributed by atoms with E-state index < -0.39 is 17.9 Å². The number of nitrogens with zero attached hydrogens (tertiary/aromatic N) is 5. The molecule has 2 aromatic rings. The van der Waals surface area contributed by atoms with Crippen molar-refractivity contribution in [1.29, 1.82) is 0 Å². The molecular formula is C30H41FN6O4. The first-order valence-corrected chi connectivity index (χ1v) is 14.8. The van der Waals surface area contributed by atoms with Crippen LogP contribution in [0.2, 0.25) is 0 Å². The third-order valence-electron chi connectivity index (χ3n) is 8.49. The SMILES string of the molecule is CC(C)(C)OC(=O)N1CCC(N2CCC(c3ccc4c(c3)Nc3ncnc(N5CCOCC5)c3CO4)CC2)C(F)C1. The second-order valence-corrected chi connectivity index (χ2v) is 12.4. The second-order valence-electron chi connectivity index (χ2n) is 12.4. The van der Waals surface area contributed by atoms with E-state index in [1.54, 1.807) is 6.33 Å². The number of halogens is 1. The Bertz CT molecular complexity index is 1240. The standard InChI is InChI=1S/C30H41FN6O4/c1-30(2,3)41-29(38)37-11-8-25(23(31)17-37)35-9-6-20(7-10-35)21-4-5-26-24(16-21)34-27-22(18-40-26)28(33-19-32-27)36-12-14-39-15-13-36/h4-5,16,19-20,23,25H,6-15,17-18H2,1-3H3,(H,32,33,34). The van der Waals surface area contributed by atoms with Crippen LogP contribution in [0.15, 0.2) is 24.5 Å². The quantitative estimate of drug-likeness (QED) is 0.576. The first kappa shape index (κ1) is 28.0. The van der Waals surface area contributed by atoms with Gasteiger partial charge in [0.05, 0.1) is 31.0 Å². The minimum atomic E-state index is -1.08. The Morgan fingerprint density at radius 2 is 1.85 bits per heavy atom. The highest BCUT2D eigenvalue weighted by atomic mass is 19.1. The second kappa shape index (κ2) is 11.6. The summed E-state index contributed by atoms with van der Waals surface area (Å²) in [5.74, 6) is 2.86. The molecule has 11 heteroatoms. The number of anilines is 3. The van der Waals surface area contributed by atoms with Gasteiger partial charge in [-0.3, -0.25) is 4.90 Å². The molecule has 1 amide bonds. The van der Waals surface area contributed by atoms with Gasteiger partial charge in [0, 0.05) is 25.7 Å². The number of likely N-dealkylation sites (tertiary alicyclic amines) is 2. The molecule has 2 unspecified atom stereocenters. The average molecular weight is 569 g/mol. The summed E-state index contributed by atoms with van der Waals surface area (Å²) in [6.45, 7) is 11.1. The van der Waals surface area contributed by atoms with Crippen molar-refractivity contribution in [3.8, 4) is 5.75 Å². The van der Waals surface area contributed by atoms with Crippen LogP contribution in [0.1, 0.15) is 57.1 Å². The molecule has 0 aliphatic carbocycles. The maximum Gasteiger partial charge on any atom is 0.410 e. The number of aromatic nitrogens is 2. The van der Waals surface area contributed by atoms with Crippen LogP contribution >= 0.6 is 0 Å². The van der Waals surface area contributed by atoms with Crippen molar-refractivity contribution >= 4 is 23.4 Å². The molecule has 4 aliphatic heterocycles. The zero-order chi connectivity index (χ0) is 28.6. The van der Waals surface area contributed by atoms with Gasteiger partial charge in [0.15, 0.2) is 0 Å². The summed E-state index contributed by atoms with van der Waals surface area (Å²) in [5, 5.41) is 3.52. The van der Waals surface area contributed by atoms with Gasteiger partial charge in [-0.15, -0.1) is 0 Å². The summed E-state index contributed by atoms with van der Waals surface area (Å²) in [6, 6.07) is 6.22. The fourth-order valence-corrected chi connectivity index (χ4v) is 6.35. The highest BCUT2D eigenvalue weighted by Crippen LogP contribution is 2.40. The molecular weight excluding hydrogens is 527 g/mol. The summed E-state index contributed by atoms with van der Waals surface area (Å²) in [5.41, 5.74) is 2.54. The topological polar surface area (TPSA) is 92.3 Å². The summed E-state index contributed by atoms with van der Waals surface area (Å²) in [7, 11) is 0. The third-order valence-corrected chi connectivity index (χ3v) is 8.49. The van der Waals surface area contributed by atoms with Crippen LogP contribution in [0.5, 0.6) is 5.75 Å². The molecule has 10 nitrogen and oxygen atoms in total. The normalized spacial score (nSPS) is 24.0. The number of carbonyl (C=O) groups excluding carboxylic acids is 1. The molecule has 6 rings (SSSR count). The molecule has 1 aromatic carbocycles. The molecule has 222 valence electrons. The number of fused-ring (bicyclic) bond motifs is 2. The van der Waals surface area contributed by atoms with E-state index >= 15 is 4.39 Å². The van der Waals surface area contributed by atoms with Gasteiger partial charge in [0.1, 0.15) is 42.1 Å². The van der Waals surface area contributed by atoms with Gasteiger partial charge in [0.25, 0.3) is 0 Å². The lowest BCUT2D eigenvalue weighted by Crippen LogP contribution is -2.55. The summed E-state index contributed by atoms with van der Waals surface area (Å²) >= 11 is 0. The van der Waals surface area contributed by atoms with E-state index in [0.717, 1.165) is 67.7 Å². The van der Waals surface area contributed by atoms with E-state index in [0.29, 0.717) is 38.7 Å². The molecule has 0 spiro atoms. The van der Waals surface area contributed by atoms with Crippen LogP contribution < -0.4 is 15.0 Å². The number of ether oxygens (including phenoxy) is 3. The molecule has 3 saturated heterocycles. The number of hydrogen-bond donors (Lipinski definition) is 1. The van der Waals surface area contributed by atoms with Gasteiger partial charge in [-0.2, -0.15) is 0 Å². The molecule has 41 heavy (non-hydrogen) atoms. The van der Waals surface area contributed by atoms with Crippen LogP contribution in [-0.2, 0) is 16.1 Å². The summed E-state index contributed by atoms with van der Waals surface area (Å²) in [4.78, 5) is 27.6. The van der Waals surface area contributed by atoms with E-state index in [4.69, 9.17) is 14.2 Å². The largest absolute Gasteiger partial charge is 0.486 e. The maximum atomic E-state index is 15.3. The Morgan fingerprint density at radius 1 is 1.07 bits per heavy atom. The Morgan fingerprint density at radius 3 is 2.59 bits per heavy atom. The van der Waals surface area contributed by atoms with Crippen molar-refractivity contribution in [3.63, 3.8) is 0 Å². The molecule has 5 heterocycles. The van der Waals surface area contributed by atoms with Gasteiger partial charge < -0.3 is 29.3 Å². The number of piperidine rings is 2. The number of benzene rings is 1. The van der Waals surface area contributed by atoms with Crippen LogP contribution in [0.25, 0.3) is 0 Å². The summed E-state index contributed by atoms with van der Waals surface area (Å²) in [6.07, 6.45) is 2.64. The molecule has 3 fully saturated rings. The van der Waals surface area contributed by atoms with E-state index in [9.17, 15) is 4.79 Å². The van der Waals surface area contributed by atoms with E-state index in [-0.39, 0.29) is 12.6 Å². The van der Waals surface area contributed by atoms with Gasteiger partial charge in [0.2, 0.25) is 0 Å². The number of nitrogens with one attached hydrogen (secondary N) is 1. The smallest absolute Gasteiger partial charge is 0.410 e. The third kappa shape index (κ3) is 6.21. The molecule has 0 saturated carbocycles. The maximum absolute atomic E-state index is 15.3. The van der Waals surface area contributed by atoms with Crippen molar-refractivity contribution in [2.75, 3.05) is 62.7 Å². The molecule has 1 aromatic heterocycles.